The minimum absolute atomic E-state index is 0. The van der Waals surface area contributed by atoms with E-state index in [0.29, 0.717) is 29.4 Å². The van der Waals surface area contributed by atoms with Crippen LogP contribution in [-0.4, -0.2) is 52.3 Å². The topological polar surface area (TPSA) is 54.0 Å². The van der Waals surface area contributed by atoms with E-state index >= 15 is 0 Å². The molecule has 0 N–H and O–H groups in total. The molecule has 7 heteroatoms. The van der Waals surface area contributed by atoms with E-state index in [1.54, 1.807) is 19.2 Å². The van der Waals surface area contributed by atoms with Gasteiger partial charge in [0, 0.05) is 31.0 Å². The number of aryl methyl sites for hydroxylation is 1. The average molecular weight is 369 g/mol. The van der Waals surface area contributed by atoms with Crippen LogP contribution in [0, 0.1) is 6.92 Å². The van der Waals surface area contributed by atoms with Gasteiger partial charge < -0.3 is 18.9 Å². The van der Waals surface area contributed by atoms with E-state index in [2.05, 4.69) is 0 Å². The number of hydrogen-bond acceptors (Lipinski definition) is 5. The smallest absolute Gasteiger partial charge is 0.193 e. The second-order valence-corrected chi connectivity index (χ2v) is 6.51. The molecule has 0 saturated carbocycles. The molecule has 1 atom stereocenters. The summed E-state index contributed by atoms with van der Waals surface area (Å²) in [4.78, 5) is 12.9. The fraction of sp³-hybridized carbons (Fsp3) is 0.316. The Balaban J connectivity index is 0.00000338. The molecule has 135 valence electrons. The van der Waals surface area contributed by atoms with Gasteiger partial charge in [-0.1, -0.05) is 6.07 Å². The number of rotatable bonds is 8. The zero-order valence-corrected chi connectivity index (χ0v) is 17.1. The van der Waals surface area contributed by atoms with E-state index in [0.717, 1.165) is 16.6 Å². The number of methoxy groups -OCH3 is 3. The van der Waals surface area contributed by atoms with E-state index in [9.17, 15) is 4.79 Å². The Hall–Kier alpha value is -1.66. The van der Waals surface area contributed by atoms with Crippen molar-refractivity contribution in [1.82, 2.24) is 0 Å². The Morgan fingerprint density at radius 1 is 0.962 bits per heavy atom. The maximum Gasteiger partial charge on any atom is 0.193 e. The number of ether oxygens (including phenoxy) is 4. The molecular formula is C19H23LiO5P. The van der Waals surface area contributed by atoms with Crippen molar-refractivity contribution in [3.05, 3.63) is 41.5 Å². The predicted octanol–water partition coefficient (Wildman–Crippen LogP) is 3.18. The first-order chi connectivity index (χ1) is 12.0. The van der Waals surface area contributed by atoms with Gasteiger partial charge in [-0.2, -0.15) is 0 Å². The largest absolute Gasteiger partial charge is 0.496 e. The number of carbonyl (C=O) groups excluding carboxylic acids is 1. The molecule has 1 unspecified atom stereocenters. The Labute approximate surface area is 168 Å². The zero-order valence-electron chi connectivity index (χ0n) is 16.1. The van der Waals surface area contributed by atoms with Gasteiger partial charge in [0.2, 0.25) is 0 Å². The maximum atomic E-state index is 12.9. The zero-order chi connectivity index (χ0) is 18.4. The van der Waals surface area contributed by atoms with Crippen LogP contribution in [0.2, 0.25) is 0 Å². The van der Waals surface area contributed by atoms with Crippen LogP contribution < -0.4 is 24.3 Å². The van der Waals surface area contributed by atoms with Crippen LogP contribution in [0.15, 0.2) is 30.3 Å². The molecule has 2 aromatic carbocycles. The Kier molecular flexibility index (Phi) is 9.02. The third kappa shape index (κ3) is 5.17. The minimum Gasteiger partial charge on any atom is -0.496 e. The maximum absolute atomic E-state index is 12.9. The molecule has 0 saturated heterocycles. The molecule has 2 aromatic rings. The van der Waals surface area contributed by atoms with Gasteiger partial charge in [-0.3, -0.25) is 4.79 Å². The van der Waals surface area contributed by atoms with Crippen molar-refractivity contribution in [2.45, 2.75) is 13.8 Å². The van der Waals surface area contributed by atoms with E-state index in [1.165, 1.54) is 14.2 Å². The van der Waals surface area contributed by atoms with Gasteiger partial charge in [0.15, 0.2) is 5.52 Å². The van der Waals surface area contributed by atoms with Crippen molar-refractivity contribution in [1.29, 1.82) is 0 Å². The molecule has 5 nitrogen and oxygen atoms in total. The van der Waals surface area contributed by atoms with Crippen molar-refractivity contribution in [3.63, 3.8) is 0 Å². The Bertz CT molecular complexity index is 739. The van der Waals surface area contributed by atoms with Gasteiger partial charge in [-0.05, 0) is 45.4 Å². The van der Waals surface area contributed by atoms with E-state index < -0.39 is 0 Å². The first-order valence-corrected chi connectivity index (χ1v) is 8.88. The SMILES string of the molecule is CCOc1ccc(PC(=O)c2c(OC)cc(OC)cc2OC)c(C)c1.[Li]. The molecule has 0 spiro atoms. The third-order valence-corrected chi connectivity index (χ3v) is 5.01. The summed E-state index contributed by atoms with van der Waals surface area (Å²) in [5.74, 6) is 2.26. The van der Waals surface area contributed by atoms with Crippen LogP contribution in [0.5, 0.6) is 23.0 Å². The standard InChI is InChI=1S/C19H23O5P.Li/c1-6-24-13-7-8-17(12(2)9-13)25-19(20)18-15(22-4)10-14(21-3)11-16(18)23-5;/h7-11,25H,6H2,1-5H3;. The summed E-state index contributed by atoms with van der Waals surface area (Å²) in [6.45, 7) is 4.53. The van der Waals surface area contributed by atoms with Gasteiger partial charge in [0.1, 0.15) is 28.6 Å². The fourth-order valence-electron chi connectivity index (χ4n) is 2.45. The summed E-state index contributed by atoms with van der Waals surface area (Å²) < 4.78 is 21.5. The molecular weight excluding hydrogens is 346 g/mol. The first-order valence-electron chi connectivity index (χ1n) is 7.88. The van der Waals surface area contributed by atoms with Gasteiger partial charge in [-0.15, -0.1) is 0 Å². The summed E-state index contributed by atoms with van der Waals surface area (Å²) in [5, 5.41) is 0.966. The van der Waals surface area contributed by atoms with Crippen LogP contribution in [0.1, 0.15) is 22.8 Å². The minimum atomic E-state index is -0.0522. The van der Waals surface area contributed by atoms with Gasteiger partial charge in [0.25, 0.3) is 0 Å². The van der Waals surface area contributed by atoms with Crippen LogP contribution in [0.3, 0.4) is 0 Å². The molecule has 2 rings (SSSR count). The molecule has 0 aliphatic rings. The molecule has 26 heavy (non-hydrogen) atoms. The van der Waals surface area contributed by atoms with Gasteiger partial charge in [0.05, 0.1) is 27.9 Å². The fourth-order valence-corrected chi connectivity index (χ4v) is 3.50. The quantitative estimate of drug-likeness (QED) is 0.528. The summed E-state index contributed by atoms with van der Waals surface area (Å²) in [7, 11) is 4.56. The number of hydrogen-bond donors (Lipinski definition) is 0. The average Bonchev–Trinajstić information content (AvgIpc) is 2.62. The van der Waals surface area contributed by atoms with Crippen molar-refractivity contribution in [3.8, 4) is 23.0 Å². The van der Waals surface area contributed by atoms with Crippen LogP contribution >= 0.6 is 8.58 Å². The van der Waals surface area contributed by atoms with Crippen molar-refractivity contribution >= 4 is 38.3 Å². The molecule has 0 heterocycles. The molecule has 0 amide bonds. The van der Waals surface area contributed by atoms with Gasteiger partial charge in [-0.25, -0.2) is 0 Å². The summed E-state index contributed by atoms with van der Waals surface area (Å²) in [5.41, 5.74) is 1.39. The second kappa shape index (κ2) is 10.5. The van der Waals surface area contributed by atoms with Crippen molar-refractivity contribution in [2.24, 2.45) is 0 Å². The summed E-state index contributed by atoms with van der Waals surface area (Å²) in [6, 6.07) is 9.13. The molecule has 0 aromatic heterocycles. The Morgan fingerprint density at radius 2 is 1.58 bits per heavy atom. The summed E-state index contributed by atoms with van der Waals surface area (Å²) in [6.07, 6.45) is 0. The number of carbonyl (C=O) groups is 1. The van der Waals surface area contributed by atoms with Crippen molar-refractivity contribution in [2.75, 3.05) is 27.9 Å². The molecule has 0 bridgehead atoms. The first kappa shape index (κ1) is 22.4. The van der Waals surface area contributed by atoms with Crippen LogP contribution in [0.4, 0.5) is 0 Å². The van der Waals surface area contributed by atoms with Crippen LogP contribution in [-0.2, 0) is 0 Å². The molecule has 0 aliphatic heterocycles. The van der Waals surface area contributed by atoms with E-state index in [1.807, 2.05) is 32.0 Å². The normalized spacial score (nSPS) is 10.3. The number of benzene rings is 2. The van der Waals surface area contributed by atoms with Crippen LogP contribution in [0.25, 0.3) is 0 Å². The Morgan fingerprint density at radius 3 is 2.04 bits per heavy atom. The predicted molar refractivity (Wildman–Crippen MR) is 106 cm³/mol. The van der Waals surface area contributed by atoms with Crippen molar-refractivity contribution < 1.29 is 23.7 Å². The van der Waals surface area contributed by atoms with E-state index in [-0.39, 0.29) is 33.0 Å². The van der Waals surface area contributed by atoms with Gasteiger partial charge >= 0.3 is 0 Å². The molecule has 0 aliphatic carbocycles. The molecule has 1 radical (unpaired) electrons. The third-order valence-electron chi connectivity index (χ3n) is 3.70. The molecule has 0 fully saturated rings. The monoisotopic (exact) mass is 369 g/mol. The second-order valence-electron chi connectivity index (χ2n) is 5.27. The summed E-state index contributed by atoms with van der Waals surface area (Å²) >= 11 is 0. The van der Waals surface area contributed by atoms with E-state index in [4.69, 9.17) is 18.9 Å².